The summed E-state index contributed by atoms with van der Waals surface area (Å²) in [6, 6.07) is 15.2. The third-order valence-corrected chi connectivity index (χ3v) is 5.63. The largest absolute Gasteiger partial charge is 0.497 e. The van der Waals surface area contributed by atoms with Crippen LogP contribution in [0.4, 0.5) is 5.00 Å². The smallest absolute Gasteiger partial charge is 0.341 e. The van der Waals surface area contributed by atoms with Gasteiger partial charge in [0.1, 0.15) is 22.1 Å². The van der Waals surface area contributed by atoms with Crippen LogP contribution in [0.25, 0.3) is 11.1 Å². The molecule has 0 atom stereocenters. The molecule has 1 amide bonds. The summed E-state index contributed by atoms with van der Waals surface area (Å²) in [5.41, 5.74) is 3.05. The average molecular weight is 454 g/mol. The third-order valence-electron chi connectivity index (χ3n) is 4.73. The van der Waals surface area contributed by atoms with E-state index in [9.17, 15) is 9.59 Å². The molecule has 7 heteroatoms. The number of nitrogens with one attached hydrogen (secondary N) is 1. The molecule has 0 aliphatic rings. The molecule has 0 bridgehead atoms. The quantitative estimate of drug-likeness (QED) is 0.315. The molecule has 6 nitrogen and oxygen atoms in total. The van der Waals surface area contributed by atoms with Gasteiger partial charge in [-0.1, -0.05) is 24.3 Å². The zero-order valence-electron chi connectivity index (χ0n) is 18.5. The molecule has 0 aliphatic heterocycles. The monoisotopic (exact) mass is 453 g/mol. The van der Waals surface area contributed by atoms with Crippen molar-refractivity contribution >= 4 is 28.2 Å². The van der Waals surface area contributed by atoms with Gasteiger partial charge in [-0.25, -0.2) is 4.79 Å². The number of carbonyl (C=O) groups excluding carboxylic acids is 2. The number of rotatable bonds is 10. The van der Waals surface area contributed by atoms with E-state index < -0.39 is 5.97 Å². The molecule has 0 fully saturated rings. The second kappa shape index (κ2) is 11.3. The van der Waals surface area contributed by atoms with Gasteiger partial charge in [-0.3, -0.25) is 4.79 Å². The van der Waals surface area contributed by atoms with Crippen molar-refractivity contribution in [1.29, 1.82) is 0 Å². The number of methoxy groups -OCH3 is 1. The fraction of sp³-hybridized carbons (Fsp3) is 0.280. The van der Waals surface area contributed by atoms with Crippen molar-refractivity contribution in [3.8, 4) is 22.6 Å². The van der Waals surface area contributed by atoms with Gasteiger partial charge in [0.15, 0.2) is 0 Å². The number of hydrogen-bond acceptors (Lipinski definition) is 6. The van der Waals surface area contributed by atoms with Crippen molar-refractivity contribution in [2.24, 2.45) is 0 Å². The molecule has 168 valence electrons. The second-order valence-electron chi connectivity index (χ2n) is 7.12. The molecular formula is C25H27NO5S. The Kier molecular flexibility index (Phi) is 8.27. The number of aryl methyl sites for hydroxylation is 1. The van der Waals surface area contributed by atoms with E-state index in [0.717, 1.165) is 22.6 Å². The normalized spacial score (nSPS) is 10.5. The van der Waals surface area contributed by atoms with Crippen molar-refractivity contribution in [3.63, 3.8) is 0 Å². The molecule has 1 N–H and O–H groups in total. The highest BCUT2D eigenvalue weighted by Crippen LogP contribution is 2.37. The lowest BCUT2D eigenvalue weighted by Gasteiger charge is -2.10. The van der Waals surface area contributed by atoms with Crippen molar-refractivity contribution in [3.05, 3.63) is 65.0 Å². The standard InChI is InChI=1S/C25H27NO5S/c1-4-30-25(28)23-21(18-10-12-19(29-3)13-11-18)16-32-24(23)26-22(27)9-6-14-31-20-8-5-7-17(2)15-20/h5,7-8,10-13,15-16H,4,6,9,14H2,1-3H3,(H,26,27). The SMILES string of the molecule is CCOC(=O)c1c(-c2ccc(OC)cc2)csc1NC(=O)CCCOc1cccc(C)c1. The summed E-state index contributed by atoms with van der Waals surface area (Å²) in [6.07, 6.45) is 0.842. The molecule has 2 aromatic carbocycles. The molecule has 3 aromatic rings. The van der Waals surface area contributed by atoms with Gasteiger partial charge in [-0.2, -0.15) is 0 Å². The first-order valence-corrected chi connectivity index (χ1v) is 11.3. The molecule has 0 spiro atoms. The number of anilines is 1. The molecule has 0 aliphatic carbocycles. The molecular weight excluding hydrogens is 426 g/mol. The summed E-state index contributed by atoms with van der Waals surface area (Å²) in [7, 11) is 1.60. The second-order valence-corrected chi connectivity index (χ2v) is 8.00. The van der Waals surface area contributed by atoms with E-state index >= 15 is 0 Å². The molecule has 32 heavy (non-hydrogen) atoms. The summed E-state index contributed by atoms with van der Waals surface area (Å²) >= 11 is 1.31. The van der Waals surface area contributed by atoms with Crippen LogP contribution in [-0.4, -0.2) is 32.2 Å². The first-order valence-electron chi connectivity index (χ1n) is 10.4. The van der Waals surface area contributed by atoms with Gasteiger partial charge in [-0.05, 0) is 55.7 Å². The summed E-state index contributed by atoms with van der Waals surface area (Å²) < 4.78 is 16.1. The molecule has 0 saturated carbocycles. The maximum Gasteiger partial charge on any atom is 0.341 e. The number of thiophene rings is 1. The van der Waals surface area contributed by atoms with Gasteiger partial charge < -0.3 is 19.5 Å². The van der Waals surface area contributed by atoms with Gasteiger partial charge in [0.2, 0.25) is 5.91 Å². The average Bonchev–Trinajstić information content (AvgIpc) is 3.20. The molecule has 1 aromatic heterocycles. The van der Waals surface area contributed by atoms with Crippen molar-refractivity contribution in [2.45, 2.75) is 26.7 Å². The van der Waals surface area contributed by atoms with Gasteiger partial charge in [0, 0.05) is 17.4 Å². The maximum absolute atomic E-state index is 12.7. The topological polar surface area (TPSA) is 73.9 Å². The summed E-state index contributed by atoms with van der Waals surface area (Å²) in [5, 5.41) is 5.21. The predicted molar refractivity (Wildman–Crippen MR) is 127 cm³/mol. The van der Waals surface area contributed by atoms with Crippen LogP contribution in [-0.2, 0) is 9.53 Å². The highest BCUT2D eigenvalue weighted by atomic mass is 32.1. The maximum atomic E-state index is 12.7. The Morgan fingerprint density at radius 3 is 2.53 bits per heavy atom. The summed E-state index contributed by atoms with van der Waals surface area (Å²) in [5.74, 6) is 0.879. The van der Waals surface area contributed by atoms with Crippen LogP contribution in [0.5, 0.6) is 11.5 Å². The lowest BCUT2D eigenvalue weighted by atomic mass is 10.0. The minimum absolute atomic E-state index is 0.175. The Balaban J connectivity index is 1.66. The Bertz CT molecular complexity index is 1060. The highest BCUT2D eigenvalue weighted by Gasteiger charge is 2.22. The molecule has 0 radical (unpaired) electrons. The minimum atomic E-state index is -0.461. The molecule has 1 heterocycles. The van der Waals surface area contributed by atoms with E-state index in [1.165, 1.54) is 11.3 Å². The fourth-order valence-corrected chi connectivity index (χ4v) is 4.13. The van der Waals surface area contributed by atoms with Crippen molar-refractivity contribution in [1.82, 2.24) is 0 Å². The first kappa shape index (κ1) is 23.3. The number of carbonyl (C=O) groups is 2. The number of ether oxygens (including phenoxy) is 3. The van der Waals surface area contributed by atoms with E-state index in [0.29, 0.717) is 29.2 Å². The van der Waals surface area contributed by atoms with E-state index in [2.05, 4.69) is 5.32 Å². The lowest BCUT2D eigenvalue weighted by Crippen LogP contribution is -2.15. The molecule has 0 saturated heterocycles. The van der Waals surface area contributed by atoms with Crippen LogP contribution in [0.1, 0.15) is 35.7 Å². The van der Waals surface area contributed by atoms with E-state index in [1.54, 1.807) is 14.0 Å². The Labute approximate surface area is 192 Å². The van der Waals surface area contributed by atoms with Crippen LogP contribution >= 0.6 is 11.3 Å². The Morgan fingerprint density at radius 1 is 1.06 bits per heavy atom. The molecule has 0 unspecified atom stereocenters. The van der Waals surface area contributed by atoms with Crippen LogP contribution in [0, 0.1) is 6.92 Å². The zero-order chi connectivity index (χ0) is 22.9. The van der Waals surface area contributed by atoms with Crippen LogP contribution < -0.4 is 14.8 Å². The van der Waals surface area contributed by atoms with E-state index in [-0.39, 0.29) is 18.9 Å². The lowest BCUT2D eigenvalue weighted by molar-refractivity contribution is -0.116. The van der Waals surface area contributed by atoms with Crippen LogP contribution in [0.15, 0.2) is 53.9 Å². The minimum Gasteiger partial charge on any atom is -0.497 e. The highest BCUT2D eigenvalue weighted by molar-refractivity contribution is 7.15. The fourth-order valence-electron chi connectivity index (χ4n) is 3.16. The first-order chi connectivity index (χ1) is 15.5. The van der Waals surface area contributed by atoms with Crippen LogP contribution in [0.2, 0.25) is 0 Å². The third kappa shape index (κ3) is 6.11. The number of amides is 1. The summed E-state index contributed by atoms with van der Waals surface area (Å²) in [6.45, 7) is 4.44. The van der Waals surface area contributed by atoms with Gasteiger partial charge in [-0.15, -0.1) is 11.3 Å². The van der Waals surface area contributed by atoms with Gasteiger partial charge in [0.05, 0.1) is 20.3 Å². The van der Waals surface area contributed by atoms with E-state index in [4.69, 9.17) is 14.2 Å². The Morgan fingerprint density at radius 2 is 1.84 bits per heavy atom. The number of esters is 1. The zero-order valence-corrected chi connectivity index (χ0v) is 19.3. The van der Waals surface area contributed by atoms with Crippen molar-refractivity contribution < 1.29 is 23.8 Å². The number of benzene rings is 2. The Hall–Kier alpha value is -3.32. The summed E-state index contributed by atoms with van der Waals surface area (Å²) in [4.78, 5) is 25.2. The predicted octanol–water partition coefficient (Wildman–Crippen LogP) is 5.71. The van der Waals surface area contributed by atoms with Gasteiger partial charge in [0.25, 0.3) is 0 Å². The van der Waals surface area contributed by atoms with Crippen molar-refractivity contribution in [2.75, 3.05) is 25.6 Å². The van der Waals surface area contributed by atoms with Crippen LogP contribution in [0.3, 0.4) is 0 Å². The van der Waals surface area contributed by atoms with E-state index in [1.807, 2.05) is 60.8 Å². The molecule has 3 rings (SSSR count). The number of hydrogen-bond donors (Lipinski definition) is 1. The van der Waals surface area contributed by atoms with Gasteiger partial charge >= 0.3 is 5.97 Å².